The molecule has 0 spiro atoms. The Morgan fingerprint density at radius 1 is 1.45 bits per heavy atom. The van der Waals surface area contributed by atoms with E-state index in [4.69, 9.17) is 15.9 Å². The summed E-state index contributed by atoms with van der Waals surface area (Å²) in [4.78, 5) is 0. The summed E-state index contributed by atoms with van der Waals surface area (Å²) in [6, 6.07) is 1.11. The van der Waals surface area contributed by atoms with E-state index in [-0.39, 0.29) is 5.56 Å². The fraction of sp³-hybridized carbons (Fsp3) is 0.143. The molecule has 0 atom stereocenters. The lowest BCUT2D eigenvalue weighted by atomic mass is 10.2. The van der Waals surface area contributed by atoms with Crippen LogP contribution >= 0.6 is 0 Å². The molecule has 0 aliphatic rings. The van der Waals surface area contributed by atoms with Crippen LogP contribution in [0, 0.1) is 12.7 Å². The second-order valence-corrected chi connectivity index (χ2v) is 2.29. The van der Waals surface area contributed by atoms with Crippen LogP contribution < -0.4 is 5.73 Å². The summed E-state index contributed by atoms with van der Waals surface area (Å²) >= 11 is 0. The van der Waals surface area contributed by atoms with Crippen LogP contribution in [-0.2, 0) is 0 Å². The summed E-state index contributed by atoms with van der Waals surface area (Å²) in [7, 11) is 0. The number of halogens is 1. The molecular formula is C7H8FNO2. The summed E-state index contributed by atoms with van der Waals surface area (Å²) in [5.74, 6) is -1.70. The second kappa shape index (κ2) is 2.30. The summed E-state index contributed by atoms with van der Waals surface area (Å²) < 4.78 is 12.8. The van der Waals surface area contributed by atoms with Crippen molar-refractivity contribution < 1.29 is 14.6 Å². The number of nitrogens with two attached hydrogens (primary N) is 1. The normalized spacial score (nSPS) is 10.0. The highest BCUT2D eigenvalue weighted by atomic mass is 19.1. The molecule has 60 valence electrons. The highest BCUT2D eigenvalue weighted by Crippen LogP contribution is 2.34. The van der Waals surface area contributed by atoms with Gasteiger partial charge in [0, 0.05) is 0 Å². The van der Waals surface area contributed by atoms with E-state index in [9.17, 15) is 4.39 Å². The zero-order valence-corrected chi connectivity index (χ0v) is 5.93. The molecule has 0 saturated carbocycles. The van der Waals surface area contributed by atoms with E-state index in [1.807, 2.05) is 0 Å². The van der Waals surface area contributed by atoms with Gasteiger partial charge in [-0.3, -0.25) is 0 Å². The molecule has 0 aromatic heterocycles. The van der Waals surface area contributed by atoms with Crippen molar-refractivity contribution in [1.82, 2.24) is 0 Å². The van der Waals surface area contributed by atoms with Crippen molar-refractivity contribution in [1.29, 1.82) is 0 Å². The molecule has 0 saturated heterocycles. The largest absolute Gasteiger partial charge is 0.504 e. The lowest BCUT2D eigenvalue weighted by Gasteiger charge is -2.04. The topological polar surface area (TPSA) is 66.5 Å². The van der Waals surface area contributed by atoms with Gasteiger partial charge in [0.25, 0.3) is 0 Å². The van der Waals surface area contributed by atoms with Gasteiger partial charge in [0.2, 0.25) is 0 Å². The number of phenolic OH excluding ortho intramolecular Hbond substituents is 2. The Morgan fingerprint density at radius 2 is 2.00 bits per heavy atom. The van der Waals surface area contributed by atoms with Gasteiger partial charge in [0.05, 0.1) is 0 Å². The molecule has 0 unspecified atom stereocenters. The lowest BCUT2D eigenvalue weighted by molar-refractivity contribution is 0.401. The van der Waals surface area contributed by atoms with Crippen molar-refractivity contribution >= 4 is 5.69 Å². The Bertz CT molecular complexity index is 273. The van der Waals surface area contributed by atoms with Crippen molar-refractivity contribution in [3.63, 3.8) is 0 Å². The first-order valence-electron chi connectivity index (χ1n) is 3.00. The molecule has 3 nitrogen and oxygen atoms in total. The SMILES string of the molecule is Cc1cc(O)c(O)c(N)c1F. The maximum Gasteiger partial charge on any atom is 0.184 e. The summed E-state index contributed by atoms with van der Waals surface area (Å²) in [6.45, 7) is 1.45. The summed E-state index contributed by atoms with van der Waals surface area (Å²) in [6.07, 6.45) is 0. The number of anilines is 1. The molecule has 0 aliphatic carbocycles. The van der Waals surface area contributed by atoms with Gasteiger partial charge >= 0.3 is 0 Å². The fourth-order valence-corrected chi connectivity index (χ4v) is 0.791. The Kier molecular flexibility index (Phi) is 1.60. The van der Waals surface area contributed by atoms with Crippen LogP contribution in [0.5, 0.6) is 11.5 Å². The average molecular weight is 157 g/mol. The van der Waals surface area contributed by atoms with Crippen LogP contribution in [0.25, 0.3) is 0 Å². The Labute approximate surface area is 62.9 Å². The first-order chi connectivity index (χ1) is 5.04. The molecule has 4 heteroatoms. The van der Waals surface area contributed by atoms with E-state index in [2.05, 4.69) is 0 Å². The van der Waals surface area contributed by atoms with E-state index in [1.54, 1.807) is 0 Å². The standard InChI is InChI=1S/C7H8FNO2/c1-3-2-4(10)7(11)6(9)5(3)8/h2,10-11H,9H2,1H3. The number of benzene rings is 1. The van der Waals surface area contributed by atoms with Gasteiger partial charge in [-0.2, -0.15) is 0 Å². The first kappa shape index (κ1) is 7.65. The monoisotopic (exact) mass is 157 g/mol. The molecule has 0 fully saturated rings. The molecule has 1 aromatic rings. The number of hydrogen-bond acceptors (Lipinski definition) is 3. The Balaban J connectivity index is 3.46. The Hall–Kier alpha value is -1.45. The highest BCUT2D eigenvalue weighted by molar-refractivity contribution is 5.61. The third-order valence-corrected chi connectivity index (χ3v) is 1.43. The zero-order valence-electron chi connectivity index (χ0n) is 5.93. The van der Waals surface area contributed by atoms with Crippen LogP contribution in [0.3, 0.4) is 0 Å². The number of aromatic hydroxyl groups is 2. The molecular weight excluding hydrogens is 149 g/mol. The van der Waals surface area contributed by atoms with Crippen molar-refractivity contribution in [2.75, 3.05) is 5.73 Å². The van der Waals surface area contributed by atoms with Crippen molar-refractivity contribution in [3.8, 4) is 11.5 Å². The van der Waals surface area contributed by atoms with Gasteiger partial charge in [0.1, 0.15) is 5.69 Å². The van der Waals surface area contributed by atoms with Gasteiger partial charge in [-0.1, -0.05) is 0 Å². The van der Waals surface area contributed by atoms with E-state index in [1.165, 1.54) is 6.92 Å². The maximum atomic E-state index is 12.8. The molecule has 0 radical (unpaired) electrons. The molecule has 11 heavy (non-hydrogen) atoms. The van der Waals surface area contributed by atoms with Gasteiger partial charge in [-0.15, -0.1) is 0 Å². The average Bonchev–Trinajstić information content (AvgIpc) is 1.97. The molecule has 1 aromatic carbocycles. The molecule has 0 aliphatic heterocycles. The predicted molar refractivity (Wildman–Crippen MR) is 38.9 cm³/mol. The predicted octanol–water partition coefficient (Wildman–Crippen LogP) is 1.13. The van der Waals surface area contributed by atoms with Gasteiger partial charge in [0.15, 0.2) is 17.3 Å². The van der Waals surface area contributed by atoms with Crippen LogP contribution in [-0.4, -0.2) is 10.2 Å². The van der Waals surface area contributed by atoms with Crippen LogP contribution in [0.15, 0.2) is 6.07 Å². The molecule has 0 amide bonds. The second-order valence-electron chi connectivity index (χ2n) is 2.29. The van der Waals surface area contributed by atoms with Crippen molar-refractivity contribution in [2.24, 2.45) is 0 Å². The summed E-state index contributed by atoms with van der Waals surface area (Å²) in [5.41, 5.74) is 4.89. The van der Waals surface area contributed by atoms with Crippen LogP contribution in [0.1, 0.15) is 5.56 Å². The van der Waals surface area contributed by atoms with E-state index in [0.29, 0.717) is 0 Å². The van der Waals surface area contributed by atoms with E-state index in [0.717, 1.165) is 6.07 Å². The number of phenols is 2. The van der Waals surface area contributed by atoms with Crippen LogP contribution in [0.2, 0.25) is 0 Å². The Morgan fingerprint density at radius 3 is 2.55 bits per heavy atom. The number of nitrogen functional groups attached to an aromatic ring is 1. The highest BCUT2D eigenvalue weighted by Gasteiger charge is 2.11. The van der Waals surface area contributed by atoms with E-state index < -0.39 is 23.0 Å². The van der Waals surface area contributed by atoms with Crippen molar-refractivity contribution in [3.05, 3.63) is 17.4 Å². The van der Waals surface area contributed by atoms with Crippen molar-refractivity contribution in [2.45, 2.75) is 6.92 Å². The zero-order chi connectivity index (χ0) is 8.59. The van der Waals surface area contributed by atoms with Crippen LogP contribution in [0.4, 0.5) is 10.1 Å². The smallest absolute Gasteiger partial charge is 0.184 e. The maximum absolute atomic E-state index is 12.8. The minimum Gasteiger partial charge on any atom is -0.504 e. The molecule has 1 rings (SSSR count). The molecule has 0 bridgehead atoms. The fourth-order valence-electron chi connectivity index (χ4n) is 0.791. The third-order valence-electron chi connectivity index (χ3n) is 1.43. The van der Waals surface area contributed by atoms with Gasteiger partial charge < -0.3 is 15.9 Å². The molecule has 0 heterocycles. The first-order valence-corrected chi connectivity index (χ1v) is 3.00. The summed E-state index contributed by atoms with van der Waals surface area (Å²) in [5, 5.41) is 17.8. The third kappa shape index (κ3) is 1.07. The molecule has 4 N–H and O–H groups in total. The number of hydrogen-bond donors (Lipinski definition) is 3. The minimum atomic E-state index is -0.694. The lowest BCUT2D eigenvalue weighted by Crippen LogP contribution is -1.93. The van der Waals surface area contributed by atoms with Gasteiger partial charge in [-0.25, -0.2) is 4.39 Å². The number of aryl methyl sites for hydroxylation is 1. The minimum absolute atomic E-state index is 0.206. The van der Waals surface area contributed by atoms with E-state index >= 15 is 0 Å². The van der Waals surface area contributed by atoms with Gasteiger partial charge in [-0.05, 0) is 18.6 Å². The quantitative estimate of drug-likeness (QED) is 0.390. The number of rotatable bonds is 0.